The maximum absolute atomic E-state index is 9.00. The topological polar surface area (TPSA) is 75.3 Å². The van der Waals surface area contributed by atoms with Crippen LogP contribution in [0.15, 0.2) is 12.4 Å². The average Bonchev–Trinajstić information content (AvgIpc) is 2.66. The van der Waals surface area contributed by atoms with Crippen molar-refractivity contribution in [3.8, 4) is 0 Å². The van der Waals surface area contributed by atoms with Gasteiger partial charge in [-0.15, -0.1) is 0 Å². The first-order valence-electron chi connectivity index (χ1n) is 4.73. The Morgan fingerprint density at radius 1 is 1.57 bits per heavy atom. The molecule has 1 aliphatic rings. The van der Waals surface area contributed by atoms with Gasteiger partial charge < -0.3 is 15.7 Å². The summed E-state index contributed by atoms with van der Waals surface area (Å²) < 4.78 is 0. The van der Waals surface area contributed by atoms with Crippen LogP contribution in [0.25, 0.3) is 0 Å². The molecule has 1 saturated heterocycles. The first-order valence-corrected chi connectivity index (χ1v) is 4.73. The molecule has 0 aromatic carbocycles. The minimum atomic E-state index is 0.242. The van der Waals surface area contributed by atoms with Crippen molar-refractivity contribution >= 4 is 11.6 Å². The minimum Gasteiger partial charge on any atom is -0.396 e. The number of nitrogens with zero attached hydrogens (tertiary/aromatic N) is 3. The summed E-state index contributed by atoms with van der Waals surface area (Å²) in [5.41, 5.74) is 5.54. The lowest BCUT2D eigenvalue weighted by molar-refractivity contribution is 0.238. The van der Waals surface area contributed by atoms with E-state index in [9.17, 15) is 0 Å². The SMILES string of the molecule is Nc1cncc(N2CCC(CO)C2)n1. The maximum Gasteiger partial charge on any atom is 0.149 e. The molecule has 2 rings (SSSR count). The fourth-order valence-electron chi connectivity index (χ4n) is 1.71. The monoisotopic (exact) mass is 194 g/mol. The lowest BCUT2D eigenvalue weighted by Gasteiger charge is -2.16. The Bertz CT molecular complexity index is 317. The second kappa shape index (κ2) is 3.79. The first kappa shape index (κ1) is 9.21. The van der Waals surface area contributed by atoms with Crippen LogP contribution in [-0.2, 0) is 0 Å². The van der Waals surface area contributed by atoms with Crippen molar-refractivity contribution in [2.45, 2.75) is 6.42 Å². The zero-order chi connectivity index (χ0) is 9.97. The van der Waals surface area contributed by atoms with E-state index in [1.807, 2.05) is 0 Å². The molecule has 5 nitrogen and oxygen atoms in total. The van der Waals surface area contributed by atoms with E-state index < -0.39 is 0 Å². The number of hydrogen-bond donors (Lipinski definition) is 2. The van der Waals surface area contributed by atoms with Crippen molar-refractivity contribution in [1.29, 1.82) is 0 Å². The highest BCUT2D eigenvalue weighted by molar-refractivity contribution is 5.42. The van der Waals surface area contributed by atoms with Crippen molar-refractivity contribution < 1.29 is 5.11 Å². The van der Waals surface area contributed by atoms with E-state index in [1.54, 1.807) is 6.20 Å². The van der Waals surface area contributed by atoms with Gasteiger partial charge in [0.2, 0.25) is 0 Å². The lowest BCUT2D eigenvalue weighted by Crippen LogP contribution is -2.22. The third-order valence-electron chi connectivity index (χ3n) is 2.51. The van der Waals surface area contributed by atoms with Crippen LogP contribution in [0.5, 0.6) is 0 Å². The quantitative estimate of drug-likeness (QED) is 0.686. The Hall–Kier alpha value is -1.36. The molecule has 1 unspecified atom stereocenters. The number of aliphatic hydroxyl groups excluding tert-OH is 1. The van der Waals surface area contributed by atoms with E-state index in [4.69, 9.17) is 10.8 Å². The van der Waals surface area contributed by atoms with Crippen LogP contribution in [0.2, 0.25) is 0 Å². The molecule has 1 aromatic heterocycles. The Morgan fingerprint density at radius 3 is 3.07 bits per heavy atom. The average molecular weight is 194 g/mol. The van der Waals surface area contributed by atoms with Gasteiger partial charge in [0.25, 0.3) is 0 Å². The molecule has 1 aliphatic heterocycles. The second-order valence-electron chi connectivity index (χ2n) is 3.59. The predicted octanol–water partition coefficient (Wildman–Crippen LogP) is -0.123. The molecule has 0 saturated carbocycles. The number of hydrogen-bond acceptors (Lipinski definition) is 5. The number of nitrogen functional groups attached to an aromatic ring is 1. The van der Waals surface area contributed by atoms with E-state index in [-0.39, 0.29) is 6.61 Å². The third kappa shape index (κ3) is 1.77. The molecule has 5 heteroatoms. The van der Waals surface area contributed by atoms with Crippen LogP contribution < -0.4 is 10.6 Å². The molecular formula is C9H14N4O. The van der Waals surface area contributed by atoms with Crippen LogP contribution in [0.3, 0.4) is 0 Å². The first-order chi connectivity index (χ1) is 6.79. The van der Waals surface area contributed by atoms with E-state index in [2.05, 4.69) is 14.9 Å². The highest BCUT2D eigenvalue weighted by atomic mass is 16.3. The van der Waals surface area contributed by atoms with E-state index in [0.717, 1.165) is 25.3 Å². The fourth-order valence-corrected chi connectivity index (χ4v) is 1.71. The number of nitrogens with two attached hydrogens (primary N) is 1. The summed E-state index contributed by atoms with van der Waals surface area (Å²) in [6, 6.07) is 0. The van der Waals surface area contributed by atoms with Crippen LogP contribution >= 0.6 is 0 Å². The summed E-state index contributed by atoms with van der Waals surface area (Å²) in [6.07, 6.45) is 4.24. The molecule has 0 aliphatic carbocycles. The molecule has 3 N–H and O–H groups in total. The van der Waals surface area contributed by atoms with Gasteiger partial charge in [0.15, 0.2) is 0 Å². The molecule has 76 valence electrons. The summed E-state index contributed by atoms with van der Waals surface area (Å²) in [4.78, 5) is 10.3. The molecular weight excluding hydrogens is 180 g/mol. The van der Waals surface area contributed by atoms with Crippen LogP contribution in [0.4, 0.5) is 11.6 Å². The number of anilines is 2. The normalized spacial score (nSPS) is 21.5. The Morgan fingerprint density at radius 2 is 2.43 bits per heavy atom. The van der Waals surface area contributed by atoms with E-state index >= 15 is 0 Å². The van der Waals surface area contributed by atoms with Gasteiger partial charge in [-0.3, -0.25) is 4.98 Å². The van der Waals surface area contributed by atoms with Gasteiger partial charge in [0.1, 0.15) is 11.6 Å². The summed E-state index contributed by atoms with van der Waals surface area (Å²) in [7, 11) is 0. The standard InChI is InChI=1S/C9H14N4O/c10-8-3-11-4-9(12-8)13-2-1-7(5-13)6-14/h3-4,7,14H,1-2,5-6H2,(H2,10,12). The summed E-state index contributed by atoms with van der Waals surface area (Å²) in [5.74, 6) is 1.61. The van der Waals surface area contributed by atoms with Crippen molar-refractivity contribution in [2.75, 3.05) is 30.3 Å². The number of rotatable bonds is 2. The maximum atomic E-state index is 9.00. The van der Waals surface area contributed by atoms with Gasteiger partial charge in [0, 0.05) is 25.6 Å². The Labute approximate surface area is 82.6 Å². The zero-order valence-corrected chi connectivity index (χ0v) is 7.93. The van der Waals surface area contributed by atoms with E-state index in [0.29, 0.717) is 11.7 Å². The van der Waals surface area contributed by atoms with Crippen LogP contribution in [-0.4, -0.2) is 34.8 Å². The molecule has 0 spiro atoms. The second-order valence-corrected chi connectivity index (χ2v) is 3.59. The summed E-state index contributed by atoms with van der Waals surface area (Å²) in [6.45, 7) is 2.00. The predicted molar refractivity (Wildman–Crippen MR) is 53.9 cm³/mol. The van der Waals surface area contributed by atoms with Crippen molar-refractivity contribution in [3.63, 3.8) is 0 Å². The van der Waals surface area contributed by atoms with Gasteiger partial charge in [0.05, 0.1) is 12.4 Å². The Balaban J connectivity index is 2.09. The van der Waals surface area contributed by atoms with E-state index in [1.165, 1.54) is 6.20 Å². The van der Waals surface area contributed by atoms with Gasteiger partial charge in [-0.05, 0) is 6.42 Å². The highest BCUT2D eigenvalue weighted by Crippen LogP contribution is 2.21. The molecule has 14 heavy (non-hydrogen) atoms. The van der Waals surface area contributed by atoms with Gasteiger partial charge >= 0.3 is 0 Å². The molecule has 0 radical (unpaired) electrons. The zero-order valence-electron chi connectivity index (χ0n) is 7.93. The fraction of sp³-hybridized carbons (Fsp3) is 0.556. The van der Waals surface area contributed by atoms with Gasteiger partial charge in [-0.2, -0.15) is 0 Å². The summed E-state index contributed by atoms with van der Waals surface area (Å²) in [5, 5.41) is 9.00. The van der Waals surface area contributed by atoms with Crippen molar-refractivity contribution in [1.82, 2.24) is 9.97 Å². The molecule has 1 atom stereocenters. The van der Waals surface area contributed by atoms with Crippen LogP contribution in [0.1, 0.15) is 6.42 Å². The molecule has 2 heterocycles. The molecule has 0 amide bonds. The Kier molecular flexibility index (Phi) is 2.49. The molecule has 0 bridgehead atoms. The lowest BCUT2D eigenvalue weighted by atomic mass is 10.1. The summed E-state index contributed by atoms with van der Waals surface area (Å²) >= 11 is 0. The number of aliphatic hydroxyl groups is 1. The number of aromatic nitrogens is 2. The molecule has 1 aromatic rings. The molecule has 1 fully saturated rings. The minimum absolute atomic E-state index is 0.242. The van der Waals surface area contributed by atoms with Gasteiger partial charge in [-0.1, -0.05) is 0 Å². The highest BCUT2D eigenvalue weighted by Gasteiger charge is 2.22. The largest absolute Gasteiger partial charge is 0.396 e. The van der Waals surface area contributed by atoms with Gasteiger partial charge in [-0.25, -0.2) is 4.98 Å². The van der Waals surface area contributed by atoms with Crippen molar-refractivity contribution in [3.05, 3.63) is 12.4 Å². The van der Waals surface area contributed by atoms with Crippen molar-refractivity contribution in [2.24, 2.45) is 5.92 Å². The smallest absolute Gasteiger partial charge is 0.149 e. The van der Waals surface area contributed by atoms with Crippen LogP contribution in [0, 0.1) is 5.92 Å². The third-order valence-corrected chi connectivity index (χ3v) is 2.51.